The Labute approximate surface area is 184 Å². The van der Waals surface area contributed by atoms with Crippen LogP contribution in [0.25, 0.3) is 0 Å². The molecule has 2 aromatic rings. The maximum absolute atomic E-state index is 10.7. The standard InChI is InChI=1S/C22H28N2O4S2/c23-19(9-15-1-5-17(6-2-15)11-21(25)26)13-29-30-14-20(24)10-16-3-7-18(8-4-16)12-22(27)28/h1-8,19-20H,9-14,23-24H2,(H,25,26)(H,27,28). The van der Waals surface area contributed by atoms with Gasteiger partial charge in [0.15, 0.2) is 0 Å². The lowest BCUT2D eigenvalue weighted by Gasteiger charge is -2.14. The van der Waals surface area contributed by atoms with Crippen molar-refractivity contribution in [3.8, 4) is 0 Å². The van der Waals surface area contributed by atoms with Crippen LogP contribution < -0.4 is 11.5 Å². The van der Waals surface area contributed by atoms with Crippen molar-refractivity contribution in [2.75, 3.05) is 11.5 Å². The van der Waals surface area contributed by atoms with Crippen LogP contribution in [0.2, 0.25) is 0 Å². The second kappa shape index (κ2) is 12.6. The van der Waals surface area contributed by atoms with Gasteiger partial charge in [0.05, 0.1) is 12.8 Å². The van der Waals surface area contributed by atoms with Gasteiger partial charge in [-0.2, -0.15) is 0 Å². The van der Waals surface area contributed by atoms with Gasteiger partial charge < -0.3 is 21.7 Å². The van der Waals surface area contributed by atoms with Gasteiger partial charge >= 0.3 is 11.9 Å². The lowest BCUT2D eigenvalue weighted by atomic mass is 10.0. The third-order valence-electron chi connectivity index (χ3n) is 4.40. The Morgan fingerprint density at radius 1 is 0.667 bits per heavy atom. The fraction of sp³-hybridized carbons (Fsp3) is 0.364. The Hall–Kier alpha value is -2.00. The molecule has 0 spiro atoms. The highest BCUT2D eigenvalue weighted by atomic mass is 33.1. The third kappa shape index (κ3) is 9.67. The van der Waals surface area contributed by atoms with E-state index in [0.717, 1.165) is 46.6 Å². The zero-order chi connectivity index (χ0) is 21.9. The Kier molecular flexibility index (Phi) is 10.2. The van der Waals surface area contributed by atoms with Crippen molar-refractivity contribution in [2.45, 2.75) is 37.8 Å². The monoisotopic (exact) mass is 448 g/mol. The molecule has 0 heterocycles. The second-order valence-corrected chi connectivity index (χ2v) is 9.82. The van der Waals surface area contributed by atoms with Gasteiger partial charge in [-0.25, -0.2) is 0 Å². The van der Waals surface area contributed by atoms with E-state index in [9.17, 15) is 9.59 Å². The Balaban J connectivity index is 1.64. The van der Waals surface area contributed by atoms with E-state index in [-0.39, 0.29) is 24.9 Å². The molecule has 0 bridgehead atoms. The number of hydrogen-bond acceptors (Lipinski definition) is 6. The molecule has 2 atom stereocenters. The molecule has 6 nitrogen and oxygen atoms in total. The number of hydrogen-bond donors (Lipinski definition) is 4. The number of carboxylic acids is 2. The minimum Gasteiger partial charge on any atom is -0.481 e. The first-order chi connectivity index (χ1) is 14.3. The first kappa shape index (κ1) is 24.3. The molecule has 0 saturated heterocycles. The van der Waals surface area contributed by atoms with Gasteiger partial charge in [-0.3, -0.25) is 9.59 Å². The summed E-state index contributed by atoms with van der Waals surface area (Å²) >= 11 is 0. The van der Waals surface area contributed by atoms with Gasteiger partial charge in [-0.1, -0.05) is 70.1 Å². The predicted molar refractivity (Wildman–Crippen MR) is 124 cm³/mol. The molecule has 162 valence electrons. The van der Waals surface area contributed by atoms with Gasteiger partial charge in [0, 0.05) is 23.6 Å². The van der Waals surface area contributed by atoms with Gasteiger partial charge in [-0.15, -0.1) is 0 Å². The highest BCUT2D eigenvalue weighted by Crippen LogP contribution is 2.24. The van der Waals surface area contributed by atoms with Crippen LogP contribution in [0.15, 0.2) is 48.5 Å². The van der Waals surface area contributed by atoms with Crippen molar-refractivity contribution in [3.05, 3.63) is 70.8 Å². The highest BCUT2D eigenvalue weighted by molar-refractivity contribution is 8.76. The van der Waals surface area contributed by atoms with Gasteiger partial charge in [0.25, 0.3) is 0 Å². The number of benzene rings is 2. The van der Waals surface area contributed by atoms with E-state index < -0.39 is 11.9 Å². The number of carboxylic acid groups (broad SMARTS) is 2. The number of carbonyl (C=O) groups is 2. The topological polar surface area (TPSA) is 127 Å². The molecule has 30 heavy (non-hydrogen) atoms. The molecule has 2 unspecified atom stereocenters. The van der Waals surface area contributed by atoms with E-state index in [1.54, 1.807) is 21.6 Å². The molecule has 0 radical (unpaired) electrons. The van der Waals surface area contributed by atoms with E-state index in [4.69, 9.17) is 21.7 Å². The van der Waals surface area contributed by atoms with Crippen LogP contribution in [-0.4, -0.2) is 45.7 Å². The highest BCUT2D eigenvalue weighted by Gasteiger charge is 2.09. The SMILES string of the molecule is NC(CSSCC(N)Cc1ccc(CC(=O)O)cc1)Cc1ccc(CC(=O)O)cc1. The molecule has 0 aliphatic rings. The second-order valence-electron chi connectivity index (χ2n) is 7.27. The van der Waals surface area contributed by atoms with E-state index >= 15 is 0 Å². The summed E-state index contributed by atoms with van der Waals surface area (Å²) in [7, 11) is 3.42. The smallest absolute Gasteiger partial charge is 0.307 e. The summed E-state index contributed by atoms with van der Waals surface area (Å²) < 4.78 is 0. The maximum Gasteiger partial charge on any atom is 0.307 e. The van der Waals surface area contributed by atoms with E-state index in [1.807, 2.05) is 48.5 Å². The van der Waals surface area contributed by atoms with Crippen molar-refractivity contribution in [2.24, 2.45) is 11.5 Å². The summed E-state index contributed by atoms with van der Waals surface area (Å²) in [5.74, 6) is -0.0568. The molecule has 8 heteroatoms. The normalized spacial score (nSPS) is 13.0. The first-order valence-corrected chi connectivity index (χ1v) is 12.2. The average molecular weight is 449 g/mol. The van der Waals surface area contributed by atoms with Crippen LogP contribution >= 0.6 is 21.6 Å². The minimum atomic E-state index is -0.832. The molecule has 0 aliphatic heterocycles. The molecule has 0 aromatic heterocycles. The summed E-state index contributed by atoms with van der Waals surface area (Å²) in [5, 5.41) is 17.6. The van der Waals surface area contributed by atoms with Crippen LogP contribution in [-0.2, 0) is 35.3 Å². The van der Waals surface area contributed by atoms with Crippen molar-refractivity contribution in [3.63, 3.8) is 0 Å². The lowest BCUT2D eigenvalue weighted by Crippen LogP contribution is -2.27. The summed E-state index contributed by atoms with van der Waals surface area (Å²) in [6, 6.07) is 15.1. The van der Waals surface area contributed by atoms with Crippen LogP contribution in [0.5, 0.6) is 0 Å². The van der Waals surface area contributed by atoms with Gasteiger partial charge in [-0.05, 0) is 35.1 Å². The van der Waals surface area contributed by atoms with E-state index in [2.05, 4.69) is 0 Å². The lowest BCUT2D eigenvalue weighted by molar-refractivity contribution is -0.137. The molecule has 0 fully saturated rings. The fourth-order valence-electron chi connectivity index (χ4n) is 2.93. The van der Waals surface area contributed by atoms with Crippen LogP contribution in [0, 0.1) is 0 Å². The maximum atomic E-state index is 10.7. The van der Waals surface area contributed by atoms with Crippen molar-refractivity contribution >= 4 is 33.5 Å². The first-order valence-electron chi connectivity index (χ1n) is 9.66. The van der Waals surface area contributed by atoms with Crippen molar-refractivity contribution < 1.29 is 19.8 Å². The van der Waals surface area contributed by atoms with Crippen LogP contribution in [0.1, 0.15) is 22.3 Å². The largest absolute Gasteiger partial charge is 0.481 e. The van der Waals surface area contributed by atoms with E-state index in [1.165, 1.54) is 0 Å². The molecule has 2 rings (SSSR count). The van der Waals surface area contributed by atoms with E-state index in [0.29, 0.717) is 0 Å². The summed E-state index contributed by atoms with van der Waals surface area (Å²) in [6.45, 7) is 0. The quantitative estimate of drug-likeness (QED) is 0.272. The van der Waals surface area contributed by atoms with Crippen molar-refractivity contribution in [1.29, 1.82) is 0 Å². The Bertz CT molecular complexity index is 743. The summed E-state index contributed by atoms with van der Waals surface area (Å²) in [4.78, 5) is 21.4. The molecule has 0 saturated carbocycles. The number of aliphatic carboxylic acids is 2. The van der Waals surface area contributed by atoms with Crippen LogP contribution in [0.4, 0.5) is 0 Å². The zero-order valence-electron chi connectivity index (χ0n) is 16.7. The predicted octanol–water partition coefficient (Wildman–Crippen LogP) is 2.76. The summed E-state index contributed by atoms with van der Waals surface area (Å²) in [6.07, 6.45) is 1.56. The molecular formula is C22H28N2O4S2. The van der Waals surface area contributed by atoms with Gasteiger partial charge in [0.2, 0.25) is 0 Å². The zero-order valence-corrected chi connectivity index (χ0v) is 18.3. The molecule has 0 amide bonds. The van der Waals surface area contributed by atoms with Crippen molar-refractivity contribution in [1.82, 2.24) is 0 Å². The van der Waals surface area contributed by atoms with Crippen LogP contribution in [0.3, 0.4) is 0 Å². The van der Waals surface area contributed by atoms with Gasteiger partial charge in [0.1, 0.15) is 0 Å². The Morgan fingerprint density at radius 3 is 1.27 bits per heavy atom. The fourth-order valence-corrected chi connectivity index (χ4v) is 5.33. The molecular weight excluding hydrogens is 420 g/mol. The number of rotatable bonds is 13. The minimum absolute atomic E-state index is 0.0193. The Morgan fingerprint density at radius 2 is 0.967 bits per heavy atom. The molecule has 0 aliphatic carbocycles. The third-order valence-corrected chi connectivity index (χ3v) is 7.01. The summed E-state index contributed by atoms with van der Waals surface area (Å²) in [5.41, 5.74) is 16.2. The molecule has 2 aromatic carbocycles. The number of nitrogens with two attached hydrogens (primary N) is 2. The average Bonchev–Trinajstić information content (AvgIpc) is 2.67. The molecule has 6 N–H and O–H groups in total.